The van der Waals surface area contributed by atoms with Crippen molar-refractivity contribution in [2.45, 2.75) is 110 Å². The van der Waals surface area contributed by atoms with Gasteiger partial charge < -0.3 is 4.74 Å². The van der Waals surface area contributed by atoms with Gasteiger partial charge in [0.15, 0.2) is 5.78 Å². The Labute approximate surface area is 182 Å². The number of esters is 1. The van der Waals surface area contributed by atoms with Crippen LogP contribution in [-0.2, 0) is 14.3 Å². The highest BCUT2D eigenvalue weighted by molar-refractivity contribution is 5.91. The molecule has 5 rings (SSSR count). The maximum Gasteiger partial charge on any atom is 0.306 e. The van der Waals surface area contributed by atoms with Crippen LogP contribution in [0.25, 0.3) is 0 Å². The predicted molar refractivity (Wildman–Crippen MR) is 118 cm³/mol. The minimum absolute atomic E-state index is 0.0579. The molecule has 0 aromatic carbocycles. The Morgan fingerprint density at radius 1 is 1.00 bits per heavy atom. The topological polar surface area (TPSA) is 43.4 Å². The summed E-state index contributed by atoms with van der Waals surface area (Å²) in [6, 6.07) is 0. The highest BCUT2D eigenvalue weighted by Gasteiger charge is 2.59. The van der Waals surface area contributed by atoms with Gasteiger partial charge in [-0.3, -0.25) is 9.59 Å². The van der Waals surface area contributed by atoms with Crippen molar-refractivity contribution in [1.82, 2.24) is 0 Å². The number of allylic oxidation sites excluding steroid dienone is 1. The average Bonchev–Trinajstić information content (AvgIpc) is 3.35. The molecule has 0 saturated heterocycles. The van der Waals surface area contributed by atoms with E-state index in [4.69, 9.17) is 4.74 Å². The SMILES string of the molecule is C[C@]12CCC(=O)C=C1CC[C@@H]1[C@@H]2CC[C@]2(C)C(OC(=O)CCC3CCCC3)CC[C@@H]12. The van der Waals surface area contributed by atoms with Crippen LogP contribution < -0.4 is 0 Å². The molecule has 6 atom stereocenters. The van der Waals surface area contributed by atoms with Crippen molar-refractivity contribution in [3.05, 3.63) is 11.6 Å². The normalized spacial score (nSPS) is 43.5. The van der Waals surface area contributed by atoms with Crippen molar-refractivity contribution in [2.75, 3.05) is 0 Å². The summed E-state index contributed by atoms with van der Waals surface area (Å²) in [6.07, 6.45) is 17.8. The summed E-state index contributed by atoms with van der Waals surface area (Å²) < 4.78 is 6.17. The Morgan fingerprint density at radius 3 is 2.60 bits per heavy atom. The largest absolute Gasteiger partial charge is 0.462 e. The predicted octanol–water partition coefficient (Wildman–Crippen LogP) is 6.40. The summed E-state index contributed by atoms with van der Waals surface area (Å²) in [5.74, 6) is 3.28. The molecule has 4 saturated carbocycles. The lowest BCUT2D eigenvalue weighted by molar-refractivity contribution is -0.160. The van der Waals surface area contributed by atoms with Gasteiger partial charge in [0, 0.05) is 18.3 Å². The Hall–Kier alpha value is -1.12. The lowest BCUT2D eigenvalue weighted by Gasteiger charge is -2.57. The number of carbonyl (C=O) groups is 2. The van der Waals surface area contributed by atoms with Crippen LogP contribution in [0.5, 0.6) is 0 Å². The first kappa shape index (κ1) is 20.8. The van der Waals surface area contributed by atoms with Crippen molar-refractivity contribution in [2.24, 2.45) is 34.5 Å². The molecular weight excluding hydrogens is 372 g/mol. The van der Waals surface area contributed by atoms with Crippen molar-refractivity contribution in [1.29, 1.82) is 0 Å². The number of ether oxygens (including phenoxy) is 1. The molecule has 5 aliphatic rings. The number of carbonyl (C=O) groups excluding carboxylic acids is 2. The molecule has 0 bridgehead atoms. The van der Waals surface area contributed by atoms with E-state index in [9.17, 15) is 9.59 Å². The van der Waals surface area contributed by atoms with Gasteiger partial charge in [0.25, 0.3) is 0 Å². The van der Waals surface area contributed by atoms with Gasteiger partial charge in [0.1, 0.15) is 6.10 Å². The fraction of sp³-hybridized carbons (Fsp3) is 0.852. The van der Waals surface area contributed by atoms with Crippen LogP contribution in [0, 0.1) is 34.5 Å². The van der Waals surface area contributed by atoms with E-state index in [2.05, 4.69) is 13.8 Å². The zero-order valence-electron chi connectivity index (χ0n) is 19.1. The minimum atomic E-state index is 0.0579. The third kappa shape index (κ3) is 3.39. The summed E-state index contributed by atoms with van der Waals surface area (Å²) in [5.41, 5.74) is 1.83. The van der Waals surface area contributed by atoms with Crippen LogP contribution in [0.2, 0.25) is 0 Å². The molecule has 0 radical (unpaired) electrons. The van der Waals surface area contributed by atoms with E-state index < -0.39 is 0 Å². The number of hydrogen-bond donors (Lipinski definition) is 0. The van der Waals surface area contributed by atoms with Gasteiger partial charge >= 0.3 is 5.97 Å². The zero-order valence-corrected chi connectivity index (χ0v) is 19.1. The van der Waals surface area contributed by atoms with E-state index in [0.29, 0.717) is 24.0 Å². The zero-order chi connectivity index (χ0) is 20.9. The van der Waals surface area contributed by atoms with Crippen LogP contribution in [-0.4, -0.2) is 17.9 Å². The second-order valence-corrected chi connectivity index (χ2v) is 11.8. The quantitative estimate of drug-likeness (QED) is 0.502. The van der Waals surface area contributed by atoms with E-state index >= 15 is 0 Å². The molecule has 0 spiro atoms. The van der Waals surface area contributed by atoms with Crippen molar-refractivity contribution in [3.8, 4) is 0 Å². The van der Waals surface area contributed by atoms with E-state index in [0.717, 1.165) is 43.9 Å². The van der Waals surface area contributed by atoms with Crippen molar-refractivity contribution in [3.63, 3.8) is 0 Å². The van der Waals surface area contributed by atoms with Gasteiger partial charge in [-0.05, 0) is 86.5 Å². The lowest BCUT2D eigenvalue weighted by Crippen LogP contribution is -2.51. The molecule has 4 fully saturated rings. The number of hydrogen-bond acceptors (Lipinski definition) is 3. The van der Waals surface area contributed by atoms with Crippen LogP contribution in [0.15, 0.2) is 11.6 Å². The van der Waals surface area contributed by atoms with E-state index in [1.807, 2.05) is 6.08 Å². The van der Waals surface area contributed by atoms with Crippen LogP contribution in [0.1, 0.15) is 104 Å². The highest BCUT2D eigenvalue weighted by Crippen LogP contribution is 2.65. The van der Waals surface area contributed by atoms with Gasteiger partial charge in [0.05, 0.1) is 0 Å². The molecule has 166 valence electrons. The first-order valence-corrected chi connectivity index (χ1v) is 12.8. The Balaban J connectivity index is 1.25. The van der Waals surface area contributed by atoms with Crippen LogP contribution in [0.4, 0.5) is 0 Å². The molecule has 30 heavy (non-hydrogen) atoms. The minimum Gasteiger partial charge on any atom is -0.462 e. The van der Waals surface area contributed by atoms with Crippen LogP contribution >= 0.6 is 0 Å². The number of fused-ring (bicyclic) bond motifs is 5. The molecule has 3 heteroatoms. The van der Waals surface area contributed by atoms with E-state index in [1.54, 1.807) is 0 Å². The van der Waals surface area contributed by atoms with Gasteiger partial charge in [-0.25, -0.2) is 0 Å². The van der Waals surface area contributed by atoms with Crippen LogP contribution in [0.3, 0.4) is 0 Å². The molecule has 0 N–H and O–H groups in total. The maximum atomic E-state index is 12.7. The first-order valence-electron chi connectivity index (χ1n) is 12.8. The molecule has 3 nitrogen and oxygen atoms in total. The monoisotopic (exact) mass is 412 g/mol. The van der Waals surface area contributed by atoms with Gasteiger partial charge in [0.2, 0.25) is 0 Å². The average molecular weight is 413 g/mol. The first-order chi connectivity index (χ1) is 14.4. The van der Waals surface area contributed by atoms with Gasteiger partial charge in [-0.15, -0.1) is 0 Å². The summed E-state index contributed by atoms with van der Waals surface area (Å²) >= 11 is 0. The van der Waals surface area contributed by atoms with Gasteiger partial charge in [-0.2, -0.15) is 0 Å². The molecule has 0 amide bonds. The second-order valence-electron chi connectivity index (χ2n) is 11.8. The van der Waals surface area contributed by atoms with E-state index in [-0.39, 0.29) is 22.9 Å². The standard InChI is InChI=1S/C27H40O3/c1-26-15-13-20(28)17-19(26)8-9-21-22-10-11-24(27(22,2)16-14-23(21)26)30-25(29)12-7-18-5-3-4-6-18/h17-18,21-24H,3-16H2,1-2H3/t21-,22-,23-,24?,26-,27-/m0/s1. The molecule has 0 heterocycles. The summed E-state index contributed by atoms with van der Waals surface area (Å²) in [6.45, 7) is 4.87. The number of ketones is 1. The fourth-order valence-corrected chi connectivity index (χ4v) is 8.54. The van der Waals surface area contributed by atoms with Gasteiger partial charge in [-0.1, -0.05) is 45.1 Å². The molecule has 1 unspecified atom stereocenters. The maximum absolute atomic E-state index is 12.7. The Morgan fingerprint density at radius 2 is 1.80 bits per heavy atom. The van der Waals surface area contributed by atoms with E-state index in [1.165, 1.54) is 56.9 Å². The molecule has 5 aliphatic carbocycles. The molecule has 0 aromatic rings. The molecular formula is C27H40O3. The Bertz CT molecular complexity index is 732. The third-order valence-electron chi connectivity index (χ3n) is 10.4. The fourth-order valence-electron chi connectivity index (χ4n) is 8.54. The summed E-state index contributed by atoms with van der Waals surface area (Å²) in [4.78, 5) is 24.7. The van der Waals surface area contributed by atoms with Crippen molar-refractivity contribution < 1.29 is 14.3 Å². The third-order valence-corrected chi connectivity index (χ3v) is 10.4. The second kappa shape index (κ2) is 7.78. The highest BCUT2D eigenvalue weighted by atomic mass is 16.5. The van der Waals surface area contributed by atoms with Crippen molar-refractivity contribution >= 4 is 11.8 Å². The lowest BCUT2D eigenvalue weighted by atomic mass is 9.47. The number of rotatable bonds is 4. The molecule has 0 aromatic heterocycles. The molecule has 0 aliphatic heterocycles. The summed E-state index contributed by atoms with van der Waals surface area (Å²) in [7, 11) is 0. The Kier molecular flexibility index (Phi) is 5.39. The smallest absolute Gasteiger partial charge is 0.306 e. The summed E-state index contributed by atoms with van der Waals surface area (Å²) in [5, 5.41) is 0.